The molecule has 0 atom stereocenters. The van der Waals surface area contributed by atoms with Crippen molar-refractivity contribution in [3.63, 3.8) is 0 Å². The molecule has 3 aromatic rings. The second-order valence-corrected chi connectivity index (χ2v) is 7.63. The van der Waals surface area contributed by atoms with Gasteiger partial charge in [0.25, 0.3) is 5.91 Å². The Morgan fingerprint density at radius 2 is 1.69 bits per heavy atom. The fraction of sp³-hybridized carbons (Fsp3) is 0.182. The maximum atomic E-state index is 13.3. The lowest BCUT2D eigenvalue weighted by atomic mass is 10.1. The lowest BCUT2D eigenvalue weighted by Crippen LogP contribution is -2.33. The average molecular weight is 511 g/mol. The summed E-state index contributed by atoms with van der Waals surface area (Å²) in [5, 5.41) is 0. The molecule has 1 saturated heterocycles. The van der Waals surface area contributed by atoms with Gasteiger partial charge < -0.3 is 10.5 Å². The van der Waals surface area contributed by atoms with Crippen LogP contribution >= 0.6 is 0 Å². The molecule has 8 nitrogen and oxygen atoms in total. The smallest absolute Gasteiger partial charge is 0.425 e. The third-order valence-corrected chi connectivity index (χ3v) is 5.20. The van der Waals surface area contributed by atoms with E-state index in [2.05, 4.69) is 9.97 Å². The quantitative estimate of drug-likeness (QED) is 0.383. The summed E-state index contributed by atoms with van der Waals surface area (Å²) in [5.74, 6) is -2.49. The van der Waals surface area contributed by atoms with Crippen molar-refractivity contribution >= 4 is 29.1 Å². The summed E-state index contributed by atoms with van der Waals surface area (Å²) in [5.41, 5.74) is 3.18. The molecular weight excluding hydrogens is 496 g/mol. The van der Waals surface area contributed by atoms with E-state index >= 15 is 0 Å². The standard InChI is InChI=1S/C22H15F6N5O3/c1-11-7-14(36-19-17(22(26,27)28)18(29)30-10-31-19)5-6-15(11)33-16(34)9-32(20(33)35)13-4-2-3-12(8-13)21(23,24)25/h2-8,10H,9H2,1H3,(H2,29,30,31). The Kier molecular flexibility index (Phi) is 5.98. The maximum absolute atomic E-state index is 13.3. The number of nitrogen functional groups attached to an aromatic ring is 1. The number of hydrogen-bond acceptors (Lipinski definition) is 6. The van der Waals surface area contributed by atoms with Crippen LogP contribution in [0.1, 0.15) is 16.7 Å². The van der Waals surface area contributed by atoms with E-state index in [1.54, 1.807) is 0 Å². The number of aromatic nitrogens is 2. The van der Waals surface area contributed by atoms with Gasteiger partial charge in [0.05, 0.1) is 11.3 Å². The summed E-state index contributed by atoms with van der Waals surface area (Å²) >= 11 is 0. The fourth-order valence-corrected chi connectivity index (χ4v) is 3.57. The number of imide groups is 1. The van der Waals surface area contributed by atoms with Crippen LogP contribution in [0.5, 0.6) is 11.6 Å². The summed E-state index contributed by atoms with van der Waals surface area (Å²) in [6, 6.07) is 6.80. The molecule has 0 aliphatic carbocycles. The van der Waals surface area contributed by atoms with Gasteiger partial charge >= 0.3 is 18.4 Å². The van der Waals surface area contributed by atoms with Gasteiger partial charge in [-0.15, -0.1) is 0 Å². The van der Waals surface area contributed by atoms with Crippen LogP contribution in [0.2, 0.25) is 0 Å². The number of ether oxygens (including phenoxy) is 1. The molecule has 0 spiro atoms. The van der Waals surface area contributed by atoms with Crippen molar-refractivity contribution in [1.29, 1.82) is 0 Å². The number of amides is 3. The summed E-state index contributed by atoms with van der Waals surface area (Å²) in [6.07, 6.45) is -8.74. The zero-order chi connectivity index (χ0) is 26.4. The second kappa shape index (κ2) is 8.70. The third kappa shape index (κ3) is 4.61. The van der Waals surface area contributed by atoms with E-state index < -0.39 is 53.7 Å². The number of hydrogen-bond donors (Lipinski definition) is 1. The van der Waals surface area contributed by atoms with E-state index in [0.717, 1.165) is 34.3 Å². The number of halogens is 6. The van der Waals surface area contributed by atoms with Crippen molar-refractivity contribution in [2.75, 3.05) is 22.1 Å². The Hall–Kier alpha value is -4.36. The number of nitrogens with two attached hydrogens (primary N) is 1. The molecule has 4 rings (SSSR count). The number of rotatable bonds is 4. The molecule has 3 amide bonds. The Morgan fingerprint density at radius 3 is 2.33 bits per heavy atom. The van der Waals surface area contributed by atoms with Crippen molar-refractivity contribution in [2.45, 2.75) is 19.3 Å². The van der Waals surface area contributed by atoms with Crippen LogP contribution in [0.25, 0.3) is 0 Å². The maximum Gasteiger partial charge on any atom is 0.425 e. The van der Waals surface area contributed by atoms with Crippen LogP contribution in [0, 0.1) is 6.92 Å². The largest absolute Gasteiger partial charge is 0.438 e. The van der Waals surface area contributed by atoms with Crippen LogP contribution in [0.15, 0.2) is 48.8 Å². The molecule has 2 N–H and O–H groups in total. The minimum atomic E-state index is -4.89. The molecule has 2 heterocycles. The molecule has 0 bridgehead atoms. The van der Waals surface area contributed by atoms with E-state index in [4.69, 9.17) is 10.5 Å². The van der Waals surface area contributed by atoms with Crippen LogP contribution in [0.4, 0.5) is 48.3 Å². The number of carbonyl (C=O) groups excluding carboxylic acids is 2. The van der Waals surface area contributed by atoms with E-state index in [0.29, 0.717) is 0 Å². The van der Waals surface area contributed by atoms with Crippen LogP contribution in [-0.2, 0) is 17.1 Å². The van der Waals surface area contributed by atoms with Crippen molar-refractivity contribution in [2.24, 2.45) is 0 Å². The molecule has 14 heteroatoms. The first-order valence-corrected chi connectivity index (χ1v) is 10.0. The molecule has 1 aliphatic heterocycles. The SMILES string of the molecule is Cc1cc(Oc2ncnc(N)c2C(F)(F)F)ccc1N1C(=O)CN(c2cccc(C(F)(F)F)c2)C1=O. The summed E-state index contributed by atoms with van der Waals surface area (Å²) < 4.78 is 84.4. The Bertz CT molecular complexity index is 1360. The summed E-state index contributed by atoms with van der Waals surface area (Å²) in [6.45, 7) is 0.960. The molecule has 1 fully saturated rings. The van der Waals surface area contributed by atoms with E-state index in [9.17, 15) is 35.9 Å². The number of anilines is 3. The van der Waals surface area contributed by atoms with Gasteiger partial charge in [-0.2, -0.15) is 26.3 Å². The van der Waals surface area contributed by atoms with Gasteiger partial charge in [-0.1, -0.05) is 6.07 Å². The van der Waals surface area contributed by atoms with E-state index in [1.807, 2.05) is 0 Å². The summed E-state index contributed by atoms with van der Waals surface area (Å²) in [7, 11) is 0. The molecule has 1 aromatic heterocycles. The van der Waals surface area contributed by atoms with Gasteiger partial charge in [-0.05, 0) is 48.9 Å². The van der Waals surface area contributed by atoms with E-state index in [1.165, 1.54) is 31.2 Å². The number of nitrogens with zero attached hydrogens (tertiary/aromatic N) is 4. The zero-order valence-corrected chi connectivity index (χ0v) is 18.2. The van der Waals surface area contributed by atoms with Crippen molar-refractivity contribution in [3.8, 4) is 11.6 Å². The molecule has 2 aromatic carbocycles. The number of urea groups is 1. The van der Waals surface area contributed by atoms with Gasteiger partial charge in [0.1, 0.15) is 24.4 Å². The average Bonchev–Trinajstić information content (AvgIpc) is 3.06. The lowest BCUT2D eigenvalue weighted by molar-refractivity contribution is -0.139. The lowest BCUT2D eigenvalue weighted by Gasteiger charge is -2.20. The number of aryl methyl sites for hydroxylation is 1. The minimum Gasteiger partial charge on any atom is -0.438 e. The van der Waals surface area contributed by atoms with Gasteiger partial charge in [0.2, 0.25) is 5.88 Å². The predicted octanol–water partition coefficient (Wildman–Crippen LogP) is 5.17. The number of benzene rings is 2. The van der Waals surface area contributed by atoms with E-state index in [-0.39, 0.29) is 22.7 Å². The molecule has 0 saturated carbocycles. The molecule has 188 valence electrons. The highest BCUT2D eigenvalue weighted by Crippen LogP contribution is 2.40. The first-order valence-electron chi connectivity index (χ1n) is 10.0. The first-order chi connectivity index (χ1) is 16.8. The monoisotopic (exact) mass is 511 g/mol. The molecule has 1 aliphatic rings. The van der Waals surface area contributed by atoms with Crippen molar-refractivity contribution in [3.05, 3.63) is 65.5 Å². The third-order valence-electron chi connectivity index (χ3n) is 5.20. The summed E-state index contributed by atoms with van der Waals surface area (Å²) in [4.78, 5) is 34.0. The highest BCUT2D eigenvalue weighted by molar-refractivity contribution is 6.27. The van der Waals surface area contributed by atoms with Crippen LogP contribution < -0.4 is 20.3 Å². The van der Waals surface area contributed by atoms with Crippen molar-refractivity contribution < 1.29 is 40.7 Å². The predicted molar refractivity (Wildman–Crippen MR) is 114 cm³/mol. The molecule has 36 heavy (non-hydrogen) atoms. The minimum absolute atomic E-state index is 0.0741. The van der Waals surface area contributed by atoms with Gasteiger partial charge in [0.15, 0.2) is 5.56 Å². The Balaban J connectivity index is 1.62. The van der Waals surface area contributed by atoms with Gasteiger partial charge in [-0.3, -0.25) is 9.69 Å². The normalized spacial score (nSPS) is 14.5. The molecule has 0 unspecified atom stereocenters. The molecule has 0 radical (unpaired) electrons. The number of carbonyl (C=O) groups is 2. The van der Waals surface area contributed by atoms with Gasteiger partial charge in [0, 0.05) is 5.69 Å². The second-order valence-electron chi connectivity index (χ2n) is 7.63. The highest BCUT2D eigenvalue weighted by atomic mass is 19.4. The highest BCUT2D eigenvalue weighted by Gasteiger charge is 2.41. The van der Waals surface area contributed by atoms with Crippen LogP contribution in [0.3, 0.4) is 0 Å². The fourth-order valence-electron chi connectivity index (χ4n) is 3.57. The first kappa shape index (κ1) is 24.8. The Morgan fingerprint density at radius 1 is 0.972 bits per heavy atom. The van der Waals surface area contributed by atoms with Crippen molar-refractivity contribution in [1.82, 2.24) is 9.97 Å². The van der Waals surface area contributed by atoms with Gasteiger partial charge in [-0.25, -0.2) is 19.7 Å². The van der Waals surface area contributed by atoms with Crippen LogP contribution in [-0.4, -0.2) is 28.5 Å². The molecular formula is C22H15F6N5O3. The Labute approximate surface area is 198 Å². The zero-order valence-electron chi connectivity index (χ0n) is 18.2. The topological polar surface area (TPSA) is 102 Å². The number of alkyl halides is 6.